The lowest BCUT2D eigenvalue weighted by Crippen LogP contribution is -2.46. The number of carbonyl (C=O) groups excluding carboxylic acids is 1. The van der Waals surface area contributed by atoms with Crippen molar-refractivity contribution in [2.45, 2.75) is 31.6 Å². The molecule has 2 unspecified atom stereocenters. The van der Waals surface area contributed by atoms with Gasteiger partial charge in [0.25, 0.3) is 0 Å². The molecule has 4 heteroatoms. The SMILES string of the molecule is CC(C)(O)C1NC(=O)OC1c1ccccc1. The molecule has 1 aliphatic heterocycles. The standard InChI is InChI=1S/C12H15NO3/c1-12(2,15)10-9(16-11(14)13-10)8-6-4-3-5-7-8/h3-7,9-10,15H,1-2H3,(H,13,14). The van der Waals surface area contributed by atoms with Crippen LogP contribution in [-0.4, -0.2) is 22.8 Å². The van der Waals surface area contributed by atoms with E-state index in [4.69, 9.17) is 4.74 Å². The van der Waals surface area contributed by atoms with Crippen molar-refractivity contribution in [1.29, 1.82) is 0 Å². The number of amides is 1. The highest BCUT2D eigenvalue weighted by atomic mass is 16.6. The lowest BCUT2D eigenvalue weighted by molar-refractivity contribution is 0.0129. The van der Waals surface area contributed by atoms with Crippen LogP contribution in [0.1, 0.15) is 25.5 Å². The molecule has 1 saturated heterocycles. The van der Waals surface area contributed by atoms with Gasteiger partial charge in [-0.3, -0.25) is 0 Å². The Morgan fingerprint density at radius 2 is 1.94 bits per heavy atom. The van der Waals surface area contributed by atoms with Gasteiger partial charge in [-0.25, -0.2) is 4.79 Å². The van der Waals surface area contributed by atoms with Crippen LogP contribution in [0.4, 0.5) is 4.79 Å². The maximum absolute atomic E-state index is 11.2. The molecule has 0 saturated carbocycles. The number of cyclic esters (lactones) is 1. The first kappa shape index (κ1) is 11.0. The van der Waals surface area contributed by atoms with Crippen molar-refractivity contribution in [2.75, 3.05) is 0 Å². The molecule has 86 valence electrons. The van der Waals surface area contributed by atoms with Gasteiger partial charge in [-0.2, -0.15) is 0 Å². The van der Waals surface area contributed by atoms with Crippen LogP contribution in [0.5, 0.6) is 0 Å². The van der Waals surface area contributed by atoms with Crippen molar-refractivity contribution in [3.05, 3.63) is 35.9 Å². The average Bonchev–Trinajstić information content (AvgIpc) is 2.61. The van der Waals surface area contributed by atoms with E-state index in [1.54, 1.807) is 13.8 Å². The Morgan fingerprint density at radius 3 is 2.50 bits per heavy atom. The summed E-state index contributed by atoms with van der Waals surface area (Å²) < 4.78 is 5.18. The van der Waals surface area contributed by atoms with Gasteiger partial charge in [-0.15, -0.1) is 0 Å². The first-order valence-electron chi connectivity index (χ1n) is 5.23. The maximum Gasteiger partial charge on any atom is 0.408 e. The fourth-order valence-electron chi connectivity index (χ4n) is 1.87. The van der Waals surface area contributed by atoms with Crippen molar-refractivity contribution >= 4 is 6.09 Å². The molecule has 1 fully saturated rings. The Morgan fingerprint density at radius 1 is 1.31 bits per heavy atom. The molecule has 16 heavy (non-hydrogen) atoms. The first-order valence-corrected chi connectivity index (χ1v) is 5.23. The quantitative estimate of drug-likeness (QED) is 0.797. The van der Waals surface area contributed by atoms with Crippen molar-refractivity contribution < 1.29 is 14.6 Å². The number of rotatable bonds is 2. The van der Waals surface area contributed by atoms with Crippen LogP contribution in [0.25, 0.3) is 0 Å². The van der Waals surface area contributed by atoms with Crippen LogP contribution in [0, 0.1) is 0 Å². The third-order valence-electron chi connectivity index (χ3n) is 2.70. The van der Waals surface area contributed by atoms with Gasteiger partial charge < -0.3 is 15.2 Å². The minimum atomic E-state index is -1.02. The Kier molecular flexibility index (Phi) is 2.59. The van der Waals surface area contributed by atoms with E-state index in [1.165, 1.54) is 0 Å². The van der Waals surface area contributed by atoms with E-state index < -0.39 is 23.8 Å². The molecule has 1 amide bonds. The zero-order chi connectivity index (χ0) is 11.8. The molecule has 1 aromatic carbocycles. The van der Waals surface area contributed by atoms with E-state index in [9.17, 15) is 9.90 Å². The molecule has 0 bridgehead atoms. The normalized spacial score (nSPS) is 25.1. The summed E-state index contributed by atoms with van der Waals surface area (Å²) in [6, 6.07) is 8.98. The van der Waals surface area contributed by atoms with Gasteiger partial charge in [0.05, 0.1) is 5.60 Å². The Labute approximate surface area is 94.2 Å². The summed E-state index contributed by atoms with van der Waals surface area (Å²) in [5.41, 5.74) is -0.139. The number of hydrogen-bond donors (Lipinski definition) is 2. The second-order valence-corrected chi connectivity index (χ2v) is 4.51. The molecule has 1 aromatic rings. The maximum atomic E-state index is 11.2. The van der Waals surface area contributed by atoms with Crippen LogP contribution < -0.4 is 5.32 Å². The summed E-state index contributed by atoms with van der Waals surface area (Å²) in [5, 5.41) is 12.6. The van der Waals surface area contributed by atoms with E-state index in [0.717, 1.165) is 5.56 Å². The Bertz CT molecular complexity index is 383. The van der Waals surface area contributed by atoms with Crippen LogP contribution >= 0.6 is 0 Å². The molecular formula is C12H15NO3. The molecular weight excluding hydrogens is 206 g/mol. The highest BCUT2D eigenvalue weighted by Crippen LogP contribution is 2.31. The fourth-order valence-corrected chi connectivity index (χ4v) is 1.87. The smallest absolute Gasteiger partial charge is 0.408 e. The molecule has 4 nitrogen and oxygen atoms in total. The summed E-state index contributed by atoms with van der Waals surface area (Å²) in [6.45, 7) is 3.31. The fraction of sp³-hybridized carbons (Fsp3) is 0.417. The number of alkyl carbamates (subject to hydrolysis) is 1. The lowest BCUT2D eigenvalue weighted by Gasteiger charge is -2.28. The zero-order valence-electron chi connectivity index (χ0n) is 9.31. The van der Waals surface area contributed by atoms with Crippen LogP contribution in [0.3, 0.4) is 0 Å². The predicted octanol–water partition coefficient (Wildman–Crippen LogP) is 1.61. The molecule has 2 N–H and O–H groups in total. The second-order valence-electron chi connectivity index (χ2n) is 4.51. The van der Waals surface area contributed by atoms with Gasteiger partial charge >= 0.3 is 6.09 Å². The monoisotopic (exact) mass is 221 g/mol. The number of benzene rings is 1. The van der Waals surface area contributed by atoms with E-state index in [2.05, 4.69) is 5.32 Å². The first-order chi connectivity index (χ1) is 7.48. The third-order valence-corrected chi connectivity index (χ3v) is 2.70. The topological polar surface area (TPSA) is 58.6 Å². The van der Waals surface area contributed by atoms with E-state index in [0.29, 0.717) is 0 Å². The summed E-state index contributed by atoms with van der Waals surface area (Å²) in [5.74, 6) is 0. The minimum Gasteiger partial charge on any atom is -0.439 e. The highest BCUT2D eigenvalue weighted by molar-refractivity contribution is 5.71. The van der Waals surface area contributed by atoms with Crippen molar-refractivity contribution in [3.8, 4) is 0 Å². The van der Waals surface area contributed by atoms with Gasteiger partial charge in [0.1, 0.15) is 6.04 Å². The largest absolute Gasteiger partial charge is 0.439 e. The average molecular weight is 221 g/mol. The summed E-state index contributed by atoms with van der Waals surface area (Å²) in [6.07, 6.45) is -0.922. The molecule has 0 aliphatic carbocycles. The highest BCUT2D eigenvalue weighted by Gasteiger charge is 2.43. The molecule has 1 heterocycles. The third kappa shape index (κ3) is 2.02. The van der Waals surface area contributed by atoms with Gasteiger partial charge in [0.15, 0.2) is 6.10 Å². The molecule has 2 atom stereocenters. The van der Waals surface area contributed by atoms with Gasteiger partial charge in [0.2, 0.25) is 0 Å². The summed E-state index contributed by atoms with van der Waals surface area (Å²) in [4.78, 5) is 11.2. The van der Waals surface area contributed by atoms with E-state index in [1.807, 2.05) is 30.3 Å². The molecule has 2 rings (SSSR count). The Hall–Kier alpha value is -1.55. The second kappa shape index (κ2) is 3.79. The van der Waals surface area contributed by atoms with Crippen molar-refractivity contribution in [3.63, 3.8) is 0 Å². The van der Waals surface area contributed by atoms with Gasteiger partial charge in [-0.1, -0.05) is 30.3 Å². The number of carbonyl (C=O) groups is 1. The number of ether oxygens (including phenoxy) is 1. The van der Waals surface area contributed by atoms with E-state index >= 15 is 0 Å². The lowest BCUT2D eigenvalue weighted by atomic mass is 9.90. The van der Waals surface area contributed by atoms with Crippen LogP contribution in [-0.2, 0) is 4.74 Å². The molecule has 1 aliphatic rings. The minimum absolute atomic E-state index is 0.428. The van der Waals surface area contributed by atoms with Crippen LogP contribution in [0.15, 0.2) is 30.3 Å². The van der Waals surface area contributed by atoms with E-state index in [-0.39, 0.29) is 0 Å². The Balaban J connectivity index is 2.30. The predicted molar refractivity (Wildman–Crippen MR) is 58.9 cm³/mol. The van der Waals surface area contributed by atoms with Gasteiger partial charge in [-0.05, 0) is 19.4 Å². The van der Waals surface area contributed by atoms with Gasteiger partial charge in [0, 0.05) is 0 Å². The summed E-state index contributed by atoms with van der Waals surface area (Å²) in [7, 11) is 0. The molecule has 0 radical (unpaired) electrons. The molecule has 0 aromatic heterocycles. The molecule has 0 spiro atoms. The number of hydrogen-bond acceptors (Lipinski definition) is 3. The zero-order valence-corrected chi connectivity index (χ0v) is 9.31. The van der Waals surface area contributed by atoms with Crippen molar-refractivity contribution in [2.24, 2.45) is 0 Å². The number of nitrogens with one attached hydrogen (secondary N) is 1. The summed E-state index contributed by atoms with van der Waals surface area (Å²) >= 11 is 0. The van der Waals surface area contributed by atoms with Crippen molar-refractivity contribution in [1.82, 2.24) is 5.32 Å². The van der Waals surface area contributed by atoms with Crippen LogP contribution in [0.2, 0.25) is 0 Å². The number of aliphatic hydroxyl groups is 1.